The van der Waals surface area contributed by atoms with Crippen LogP contribution in [0.5, 0.6) is 11.5 Å². The summed E-state index contributed by atoms with van der Waals surface area (Å²) in [5.74, 6) is 0.816. The number of nitrogens with one attached hydrogen (secondary N) is 1. The average molecular weight is 419 g/mol. The highest BCUT2D eigenvalue weighted by atomic mass is 32.1. The van der Waals surface area contributed by atoms with Gasteiger partial charge in [-0.1, -0.05) is 0 Å². The summed E-state index contributed by atoms with van der Waals surface area (Å²) < 4.78 is 15.6. The second-order valence-corrected chi connectivity index (χ2v) is 8.19. The van der Waals surface area contributed by atoms with Gasteiger partial charge in [-0.2, -0.15) is 0 Å². The van der Waals surface area contributed by atoms with Crippen molar-refractivity contribution in [2.45, 2.75) is 26.8 Å². The summed E-state index contributed by atoms with van der Waals surface area (Å²) in [5, 5.41) is 3.43. The van der Waals surface area contributed by atoms with Crippen LogP contribution in [-0.4, -0.2) is 51.2 Å². The second kappa shape index (κ2) is 8.84. The number of rotatable bonds is 6. The third-order valence-corrected chi connectivity index (χ3v) is 6.31. The standard InChI is InChI=1S/C21H26N2O5S/c1-12-13(2)29-20(19(12)21(25)28-5)22-18(24)11-23-7-6-14-8-16(26-3)17(27-4)9-15(14)10-23/h8-9H,6-7,10-11H2,1-5H3,(H,22,24). The van der Waals surface area contributed by atoms with Crippen molar-refractivity contribution in [3.8, 4) is 11.5 Å². The SMILES string of the molecule is COC(=O)c1c(NC(=O)CN2CCc3cc(OC)c(OC)cc3C2)sc(C)c1C. The molecule has 0 saturated carbocycles. The van der Waals surface area contributed by atoms with Crippen molar-refractivity contribution < 1.29 is 23.8 Å². The Labute approximate surface area is 174 Å². The summed E-state index contributed by atoms with van der Waals surface area (Å²) in [6.07, 6.45) is 0.827. The van der Waals surface area contributed by atoms with Crippen molar-refractivity contribution in [2.75, 3.05) is 39.7 Å². The lowest BCUT2D eigenvalue weighted by Crippen LogP contribution is -2.37. The van der Waals surface area contributed by atoms with Gasteiger partial charge in [0.2, 0.25) is 5.91 Å². The number of thiophene rings is 1. The first-order valence-electron chi connectivity index (χ1n) is 9.32. The van der Waals surface area contributed by atoms with E-state index in [1.54, 1.807) is 14.2 Å². The molecule has 0 aliphatic carbocycles. The molecule has 1 aromatic heterocycles. The molecule has 1 N–H and O–H groups in total. The number of carbonyl (C=O) groups is 2. The Balaban J connectivity index is 1.70. The number of benzene rings is 1. The van der Waals surface area contributed by atoms with E-state index in [2.05, 4.69) is 10.2 Å². The molecule has 29 heavy (non-hydrogen) atoms. The Bertz CT molecular complexity index is 938. The van der Waals surface area contributed by atoms with Crippen LogP contribution in [0.25, 0.3) is 0 Å². The molecule has 1 aliphatic rings. The number of fused-ring (bicyclic) bond motifs is 1. The number of nitrogens with zero attached hydrogens (tertiary/aromatic N) is 1. The van der Waals surface area contributed by atoms with Crippen molar-refractivity contribution >= 4 is 28.2 Å². The highest BCUT2D eigenvalue weighted by molar-refractivity contribution is 7.16. The Morgan fingerprint density at radius 3 is 2.38 bits per heavy atom. The first-order valence-corrected chi connectivity index (χ1v) is 10.1. The van der Waals surface area contributed by atoms with Gasteiger partial charge in [-0.15, -0.1) is 11.3 Å². The number of hydrogen-bond donors (Lipinski definition) is 1. The number of methoxy groups -OCH3 is 3. The van der Waals surface area contributed by atoms with Gasteiger partial charge in [0.1, 0.15) is 5.00 Å². The molecular weight excluding hydrogens is 392 g/mol. The van der Waals surface area contributed by atoms with Gasteiger partial charge in [-0.25, -0.2) is 4.79 Å². The van der Waals surface area contributed by atoms with Crippen molar-refractivity contribution in [1.29, 1.82) is 0 Å². The van der Waals surface area contributed by atoms with Gasteiger partial charge in [-0.05, 0) is 49.1 Å². The molecule has 2 aromatic rings. The number of aryl methyl sites for hydroxylation is 1. The number of carbonyl (C=O) groups excluding carboxylic acids is 2. The quantitative estimate of drug-likeness (QED) is 0.726. The first kappa shape index (κ1) is 21.1. The van der Waals surface area contributed by atoms with Gasteiger partial charge in [0.15, 0.2) is 11.5 Å². The highest BCUT2D eigenvalue weighted by Crippen LogP contribution is 2.34. The molecule has 156 valence electrons. The van der Waals surface area contributed by atoms with Crippen molar-refractivity contribution in [2.24, 2.45) is 0 Å². The van der Waals surface area contributed by atoms with E-state index in [0.29, 0.717) is 22.9 Å². The van der Waals surface area contributed by atoms with Crippen LogP contribution < -0.4 is 14.8 Å². The van der Waals surface area contributed by atoms with Gasteiger partial charge in [0.05, 0.1) is 33.4 Å². The average Bonchev–Trinajstić information content (AvgIpc) is 2.99. The topological polar surface area (TPSA) is 77.1 Å². The van der Waals surface area contributed by atoms with E-state index in [1.165, 1.54) is 24.0 Å². The Morgan fingerprint density at radius 2 is 1.76 bits per heavy atom. The third-order valence-electron chi connectivity index (χ3n) is 5.19. The van der Waals surface area contributed by atoms with Crippen LogP contribution in [-0.2, 0) is 22.5 Å². The van der Waals surface area contributed by atoms with E-state index in [0.717, 1.165) is 34.7 Å². The minimum Gasteiger partial charge on any atom is -0.493 e. The molecule has 0 bridgehead atoms. The maximum Gasteiger partial charge on any atom is 0.341 e. The number of anilines is 1. The molecule has 0 saturated heterocycles. The number of esters is 1. The number of hydrogen-bond acceptors (Lipinski definition) is 7. The van der Waals surface area contributed by atoms with Crippen LogP contribution in [0, 0.1) is 13.8 Å². The predicted octanol–water partition coefficient (Wildman–Crippen LogP) is 3.17. The summed E-state index contributed by atoms with van der Waals surface area (Å²) >= 11 is 1.39. The molecule has 0 fully saturated rings. The number of ether oxygens (including phenoxy) is 3. The maximum absolute atomic E-state index is 12.7. The molecule has 1 aromatic carbocycles. The summed E-state index contributed by atoms with van der Waals surface area (Å²) in [6.45, 7) is 5.43. The van der Waals surface area contributed by atoms with Crippen LogP contribution in [0.15, 0.2) is 12.1 Å². The van der Waals surface area contributed by atoms with Crippen LogP contribution in [0.2, 0.25) is 0 Å². The van der Waals surface area contributed by atoms with Gasteiger partial charge >= 0.3 is 5.97 Å². The highest BCUT2D eigenvalue weighted by Gasteiger charge is 2.24. The minimum atomic E-state index is -0.435. The molecule has 2 heterocycles. The fourth-order valence-electron chi connectivity index (χ4n) is 3.51. The first-order chi connectivity index (χ1) is 13.9. The Hall–Kier alpha value is -2.58. The van der Waals surface area contributed by atoms with Gasteiger partial charge in [0, 0.05) is 18.0 Å². The minimum absolute atomic E-state index is 0.152. The van der Waals surface area contributed by atoms with Gasteiger partial charge < -0.3 is 19.5 Å². The van der Waals surface area contributed by atoms with Crippen LogP contribution in [0.4, 0.5) is 5.00 Å². The summed E-state index contributed by atoms with van der Waals surface area (Å²) in [6, 6.07) is 3.98. The molecule has 0 radical (unpaired) electrons. The molecule has 0 atom stereocenters. The summed E-state index contributed by atoms with van der Waals surface area (Å²) in [4.78, 5) is 27.8. The normalized spacial score (nSPS) is 13.6. The molecular formula is C21H26N2O5S. The predicted molar refractivity (Wildman–Crippen MR) is 112 cm³/mol. The van der Waals surface area contributed by atoms with E-state index in [-0.39, 0.29) is 12.5 Å². The van der Waals surface area contributed by atoms with Crippen molar-refractivity contribution in [3.63, 3.8) is 0 Å². The Kier molecular flexibility index (Phi) is 6.44. The van der Waals surface area contributed by atoms with E-state index < -0.39 is 5.97 Å². The number of amides is 1. The molecule has 1 aliphatic heterocycles. The molecule has 8 heteroatoms. The van der Waals surface area contributed by atoms with Crippen molar-refractivity contribution in [1.82, 2.24) is 4.90 Å². The molecule has 0 unspecified atom stereocenters. The van der Waals surface area contributed by atoms with E-state index >= 15 is 0 Å². The van der Waals surface area contributed by atoms with E-state index in [1.807, 2.05) is 26.0 Å². The fraction of sp³-hybridized carbons (Fsp3) is 0.429. The molecule has 3 rings (SSSR count). The smallest absolute Gasteiger partial charge is 0.341 e. The molecule has 7 nitrogen and oxygen atoms in total. The van der Waals surface area contributed by atoms with Crippen LogP contribution in [0.3, 0.4) is 0 Å². The zero-order chi connectivity index (χ0) is 21.1. The summed E-state index contributed by atoms with van der Waals surface area (Å²) in [5.41, 5.74) is 3.60. The van der Waals surface area contributed by atoms with Crippen LogP contribution >= 0.6 is 11.3 Å². The van der Waals surface area contributed by atoms with E-state index in [9.17, 15) is 9.59 Å². The monoisotopic (exact) mass is 418 g/mol. The lowest BCUT2D eigenvalue weighted by atomic mass is 9.99. The summed E-state index contributed by atoms with van der Waals surface area (Å²) in [7, 11) is 4.58. The van der Waals surface area contributed by atoms with Crippen LogP contribution in [0.1, 0.15) is 31.9 Å². The van der Waals surface area contributed by atoms with Crippen molar-refractivity contribution in [3.05, 3.63) is 39.3 Å². The third kappa shape index (κ3) is 4.38. The maximum atomic E-state index is 12.7. The van der Waals surface area contributed by atoms with Gasteiger partial charge in [0.25, 0.3) is 0 Å². The molecule has 1 amide bonds. The second-order valence-electron chi connectivity index (χ2n) is 6.96. The zero-order valence-electron chi connectivity index (χ0n) is 17.4. The lowest BCUT2D eigenvalue weighted by molar-refractivity contribution is -0.117. The Morgan fingerprint density at radius 1 is 1.10 bits per heavy atom. The lowest BCUT2D eigenvalue weighted by Gasteiger charge is -2.29. The van der Waals surface area contributed by atoms with Gasteiger partial charge in [-0.3, -0.25) is 9.69 Å². The molecule has 0 spiro atoms. The van der Waals surface area contributed by atoms with E-state index in [4.69, 9.17) is 14.2 Å². The largest absolute Gasteiger partial charge is 0.493 e. The zero-order valence-corrected chi connectivity index (χ0v) is 18.2. The fourth-order valence-corrected chi connectivity index (χ4v) is 4.57.